The third kappa shape index (κ3) is 6.36. The number of carbonyl (C=O) groups excluding carboxylic acids is 1. The predicted octanol–water partition coefficient (Wildman–Crippen LogP) is 27.3. The van der Waals surface area contributed by atoms with E-state index in [1.807, 2.05) is 19.9 Å². The molecule has 2 rings (SSSR count). The molecule has 6 heteroatoms. The number of rotatable bonds is 12. The Hall–Kier alpha value is -2.57. The van der Waals surface area contributed by atoms with Gasteiger partial charge in [0.25, 0.3) is 1.43 Å². The van der Waals surface area contributed by atoms with Gasteiger partial charge < -0.3 is 19.5 Å². The first-order valence-electron chi connectivity index (χ1n) is 13.9. The van der Waals surface area contributed by atoms with E-state index in [0.29, 0.717) is 36.5 Å². The van der Waals surface area contributed by atoms with Crippen molar-refractivity contribution in [3.8, 4) is 11.5 Å². The van der Waals surface area contributed by atoms with E-state index >= 15 is 0 Å². The SMILES string of the molecule is [2H]Oc1ccc([C@H](CN(C)[C@H](CC)C(C)c2c(C)cc(OCC)cc2C)OC)c(C)c1N(C)C(C)=O.[2H][2H].[HH].[HH].[HH].[HH].[HH].[HH].[HH].[HH].[HH].[HH].[HH].[HH].[HH].[HH].[HH].[HH].[HH].[HH].[HH].[HH].[HH].[HH].[HH].[HH].[HH].[HH].[HH].[HH].[HH].[HH].[HH].[HH].[HH].[HH].[HH].[HH].[HH].[HH].[HH].[HH].[HH].[HH].[HH].[HH].[HH].[HH].[HH].[HH].[HH].[HH].[HH].[HH].[HH].[HH].[HH].[HH].[HH].[HH].[HH].[HH].[HH].[HH].[HH].[HH].[HH].[HH].[HH].[HH].[HH].[HH].[HH].[HH].[HH].[HH].[HH].[HH].[HH].[HH].[HH].[HH].[HH].[HH].[HH].[HH].[HH].[HH]. The Morgan fingerprint density at radius 3 is 2.34 bits per heavy atom. The summed E-state index contributed by atoms with van der Waals surface area (Å²) in [7, 11) is 5.56. The summed E-state index contributed by atoms with van der Waals surface area (Å²) >= 11 is 0. The number of methoxy groups -OCH3 is 1. The molecule has 35 heavy (non-hydrogen) atoms. The summed E-state index contributed by atoms with van der Waals surface area (Å²) in [6.45, 7) is 15.6. The summed E-state index contributed by atoms with van der Waals surface area (Å²) in [6.07, 6.45) is 0.779. The van der Waals surface area contributed by atoms with Crippen LogP contribution in [0.25, 0.3) is 0 Å². The Morgan fingerprint density at radius 2 is 1.86 bits per heavy atom. The molecule has 0 saturated carbocycles. The molecular weight excluding hydrogens is 440 g/mol. The van der Waals surface area contributed by atoms with Crippen molar-refractivity contribution in [1.29, 1.82) is 1.43 Å². The van der Waals surface area contributed by atoms with Gasteiger partial charge in [-0.25, -0.2) is 0 Å². The van der Waals surface area contributed by atoms with Crippen LogP contribution in [0.5, 0.6) is 11.5 Å². The lowest BCUT2D eigenvalue weighted by Crippen LogP contribution is -2.39. The van der Waals surface area contributed by atoms with Gasteiger partial charge in [0.05, 0.1) is 18.4 Å². The average Bonchev–Trinajstić information content (AvgIpc) is 2.88. The van der Waals surface area contributed by atoms with Crippen LogP contribution in [0.4, 0.5) is 5.69 Å². The van der Waals surface area contributed by atoms with Crippen LogP contribution in [0.15, 0.2) is 24.3 Å². The smallest absolute Gasteiger partial charge is 0.293 e. The summed E-state index contributed by atoms with van der Waals surface area (Å²) in [5.41, 5.74) is 6.31. The molecule has 1 amide bonds. The minimum absolute atomic E-state index is 0. The van der Waals surface area contributed by atoms with Crippen LogP contribution in [0.3, 0.4) is 0 Å². The fourth-order valence-corrected chi connectivity index (χ4v) is 5.45. The zero-order valence-electron chi connectivity index (χ0n) is 26.2. The van der Waals surface area contributed by atoms with E-state index in [-0.39, 0.29) is 135 Å². The van der Waals surface area contributed by atoms with Crippen molar-refractivity contribution in [2.45, 2.75) is 73.0 Å². The summed E-state index contributed by atoms with van der Waals surface area (Å²) < 4.78 is 29.2. The maximum atomic E-state index is 12.1. The number of aromatic hydroxyl groups is 1. The van der Waals surface area contributed by atoms with E-state index in [0.717, 1.165) is 23.3 Å². The number of anilines is 1. The fraction of sp³-hybridized carbons (Fsp3) is 0.552. The van der Waals surface area contributed by atoms with Crippen molar-refractivity contribution < 1.29 is 145 Å². The average molecular weight is 663 g/mol. The molecule has 3 atom stereocenters. The van der Waals surface area contributed by atoms with E-state index in [1.165, 1.54) is 28.5 Å². The highest BCUT2D eigenvalue weighted by atomic mass is 16.5. The topological polar surface area (TPSA) is 62.2 Å². The van der Waals surface area contributed by atoms with Crippen molar-refractivity contribution in [3.05, 3.63) is 52.1 Å². The second-order valence-corrected chi connectivity index (χ2v) is 9.54. The molecule has 0 aliphatic carbocycles. The van der Waals surface area contributed by atoms with Crippen LogP contribution >= 0.6 is 0 Å². The van der Waals surface area contributed by atoms with E-state index in [9.17, 15) is 4.79 Å². The quantitative estimate of drug-likeness (QED) is 0.245. The lowest BCUT2D eigenvalue weighted by atomic mass is 9.84. The number of phenolic OH excluding ortho intramolecular Hbond substituents is 1. The van der Waals surface area contributed by atoms with Crippen molar-refractivity contribution in [2.24, 2.45) is 0 Å². The molecule has 0 aliphatic rings. The molecule has 0 heterocycles. The highest BCUT2D eigenvalue weighted by Crippen LogP contribution is 2.37. The number of amides is 1. The summed E-state index contributed by atoms with van der Waals surface area (Å²) in [6, 6.07) is 8.25. The molecule has 2 aromatic carbocycles. The van der Waals surface area contributed by atoms with E-state index in [4.69, 9.17) is 19.0 Å². The van der Waals surface area contributed by atoms with Crippen LogP contribution in [-0.2, 0) is 9.53 Å². The largest absolute Gasteiger partial charge is 0.506 e. The molecule has 0 aliphatic heterocycles. The van der Waals surface area contributed by atoms with Crippen molar-refractivity contribution in [2.75, 3.05) is 39.3 Å². The number of nitrogens with zero attached hydrogens (tertiary/aromatic N) is 2. The Kier molecular flexibility index (Phi) is 9.05. The highest BCUT2D eigenvalue weighted by molar-refractivity contribution is 5.93. The zero-order chi connectivity index (χ0) is 29.2. The van der Waals surface area contributed by atoms with Gasteiger partial charge in [-0.3, -0.25) is 9.69 Å². The van der Waals surface area contributed by atoms with Crippen molar-refractivity contribution in [1.82, 2.24) is 4.90 Å². The maximum absolute atomic E-state index is 12.1. The molecule has 0 aromatic heterocycles. The minimum Gasteiger partial charge on any atom is -0.506 e. The van der Waals surface area contributed by atoms with Crippen LogP contribution in [-0.4, -0.2) is 57.7 Å². The zero-order valence-corrected chi connectivity index (χ0v) is 23.2. The molecule has 0 saturated heterocycles. The van der Waals surface area contributed by atoms with Crippen LogP contribution < -0.4 is 9.64 Å². The molecule has 2 aromatic rings. The molecule has 0 bridgehead atoms. The number of aryl methyl sites for hydroxylation is 2. The number of phenols is 1. The maximum Gasteiger partial charge on any atom is 0.293 e. The van der Waals surface area contributed by atoms with Gasteiger partial charge in [-0.2, -0.15) is 0 Å². The number of benzene rings is 2. The third-order valence-electron chi connectivity index (χ3n) is 7.22. The number of hydrogen-bond donors (Lipinski definition) is 1. The van der Waals surface area contributed by atoms with Crippen LogP contribution in [0, 0.1) is 20.8 Å². The molecule has 1 unspecified atom stereocenters. The van der Waals surface area contributed by atoms with Gasteiger partial charge >= 0.3 is 0 Å². The van der Waals surface area contributed by atoms with Crippen molar-refractivity contribution in [3.63, 3.8) is 0 Å². The van der Waals surface area contributed by atoms with Gasteiger partial charge in [0.2, 0.25) is 5.91 Å². The Labute approximate surface area is 344 Å². The van der Waals surface area contributed by atoms with Gasteiger partial charge in [0.15, 0.2) is 0 Å². The van der Waals surface area contributed by atoms with Crippen molar-refractivity contribution >= 4 is 11.6 Å². The van der Waals surface area contributed by atoms with E-state index in [2.05, 4.69) is 51.8 Å². The second kappa shape index (κ2) is 12.4. The number of likely N-dealkylation sites (N-methyl/N-ethyl adjacent to an activating group) is 1. The standard InChI is InChI=1S/C29H44N2O4.87H2/c1-11-25(21(6)28-18(3)15-23(35-12-2)16-19(28)4)30(8)17-27(34-10)24-13-14-26(33)29(20(24)5)31(9)22(7)32;;;;;;;;;;;;;;;;;;;;;;;;;;;;;;;;;;;;;;;;;;;;;;;;;;;;;;;;;;;;;;;;;;;;;;;;;;;;;;;;;;;;;;;/h13-16,21,25,27,33H,11-12,17H2,1-10H3;87*1H/t21?,25-,27+;;;;;;;;;;;;;;;;;;;;;;;;;;;;;;;;;;;;;;;;;;;;;;;;;;;;;;;;;;;;;;;;;;;;;;;;;;;;;;;;;;;;;;;/m1......................................................................................./s1/i;1+1D;;;;;;;;;;;;;;;;;;;;;;;;;;;;;;;;;;;;;;;;;;;;;;;;;;;;;;;;;;;;;;;;;;;;;;;;;;;;;;;;;;;;;;/hD. The summed E-state index contributed by atoms with van der Waals surface area (Å²) in [5.74, 6) is 1.46. The van der Waals surface area contributed by atoms with E-state index < -0.39 is 0 Å². The Bertz CT molecular complexity index is 1120. The highest BCUT2D eigenvalue weighted by Gasteiger charge is 2.28. The van der Waals surface area contributed by atoms with Gasteiger partial charge in [0, 0.05) is 159 Å². The fourth-order valence-electron chi connectivity index (χ4n) is 5.45. The molecule has 6 nitrogen and oxygen atoms in total. The first-order chi connectivity index (χ1) is 18.0. The van der Waals surface area contributed by atoms with E-state index in [1.54, 1.807) is 20.2 Å². The Balaban J connectivity index is -0.00000000194. The summed E-state index contributed by atoms with van der Waals surface area (Å²) in [4.78, 5) is 16.0. The molecule has 0 spiro atoms. The molecular formula is C29H218N2O4. The number of hydrogen-bond acceptors (Lipinski definition) is 5. The molecule has 0 radical (unpaired) electrons. The first-order valence-corrected chi connectivity index (χ1v) is 12.5. The van der Waals surface area contributed by atoms with Gasteiger partial charge in [-0.05, 0) is 93.1 Å². The molecule has 368 valence electrons. The van der Waals surface area contributed by atoms with Crippen LogP contribution in [0.2, 0.25) is 0 Å². The lowest BCUT2D eigenvalue weighted by Gasteiger charge is -2.36. The van der Waals surface area contributed by atoms with Crippen LogP contribution in [0.1, 0.15) is 200 Å². The predicted molar refractivity (Wildman–Crippen MR) is 328 cm³/mol. The Morgan fingerprint density at radius 1 is 1.23 bits per heavy atom. The number of carbonyl (C=O) groups is 1. The van der Waals surface area contributed by atoms with Gasteiger partial charge in [0.1, 0.15) is 11.5 Å². The molecule has 0 fully saturated rings. The number of ether oxygens (including phenoxy) is 2. The second-order valence-electron chi connectivity index (χ2n) is 9.54. The first kappa shape index (κ1) is 25.5. The summed E-state index contributed by atoms with van der Waals surface area (Å²) in [5, 5.41) is 4.82. The minimum atomic E-state index is -0.210. The van der Waals surface area contributed by atoms with Gasteiger partial charge in [-0.1, -0.05) is 19.9 Å². The normalized spacial score (nSPS) is 14.5. The monoisotopic (exact) mass is 663 g/mol. The molecule has 1 N–H and O–H groups in total. The van der Waals surface area contributed by atoms with Gasteiger partial charge in [-0.15, -0.1) is 0 Å². The third-order valence-corrected chi connectivity index (χ3v) is 7.22. The lowest BCUT2D eigenvalue weighted by molar-refractivity contribution is -0.116.